The predicted octanol–water partition coefficient (Wildman–Crippen LogP) is 1.53. The molecule has 2 heterocycles. The minimum atomic E-state index is -3.88. The van der Waals surface area contributed by atoms with Gasteiger partial charge in [0.05, 0.1) is 5.75 Å². The van der Waals surface area contributed by atoms with Crippen molar-refractivity contribution in [2.75, 3.05) is 4.72 Å². The van der Waals surface area contributed by atoms with Gasteiger partial charge in [-0.05, 0) is 36.2 Å². The number of fused-ring (bicyclic) bond motifs is 1. The molecule has 0 aliphatic carbocycles. The summed E-state index contributed by atoms with van der Waals surface area (Å²) in [6, 6.07) is 9.34. The van der Waals surface area contributed by atoms with Crippen molar-refractivity contribution >= 4 is 33.4 Å². The van der Waals surface area contributed by atoms with Gasteiger partial charge in [-0.25, -0.2) is 12.8 Å². The molecule has 2 aromatic rings. The van der Waals surface area contributed by atoms with E-state index in [0.29, 0.717) is 11.1 Å². The van der Waals surface area contributed by atoms with E-state index in [4.69, 9.17) is 0 Å². The molecule has 1 unspecified atom stereocenters. The zero-order chi connectivity index (χ0) is 21.5. The molecule has 1 atom stereocenters. The molecule has 0 saturated carbocycles. The molecule has 1 fully saturated rings. The quantitative estimate of drug-likeness (QED) is 0.698. The van der Waals surface area contributed by atoms with Crippen LogP contribution in [0.3, 0.4) is 0 Å². The molecule has 8 nitrogen and oxygen atoms in total. The number of nitrogens with one attached hydrogen (secondary N) is 2. The molecule has 1 saturated heterocycles. The molecule has 2 aromatic carbocycles. The number of imide groups is 1. The standard InChI is InChI=1S/C20H18FN3O5S/c21-16-4-2-1-3-12(16)11-30(28,29)23-14-5-6-15-13(9-14)10-24(20(15)27)17-7-8-18(25)22-19(17)26/h1-6,9,17,23H,7-8,10-11H2,(H,22,25,26). The summed E-state index contributed by atoms with van der Waals surface area (Å²) in [4.78, 5) is 37.5. The number of nitrogens with zero attached hydrogens (tertiary/aromatic N) is 1. The van der Waals surface area contributed by atoms with Crippen LogP contribution < -0.4 is 10.0 Å². The first-order valence-corrected chi connectivity index (χ1v) is 10.9. The smallest absolute Gasteiger partial charge is 0.255 e. The van der Waals surface area contributed by atoms with Crippen LogP contribution in [0.2, 0.25) is 0 Å². The summed E-state index contributed by atoms with van der Waals surface area (Å²) in [6.45, 7) is 0.128. The number of benzene rings is 2. The Hall–Kier alpha value is -3.27. The van der Waals surface area contributed by atoms with Crippen molar-refractivity contribution in [1.82, 2.24) is 10.2 Å². The third-order valence-electron chi connectivity index (χ3n) is 5.10. The van der Waals surface area contributed by atoms with Crippen LogP contribution in [0.15, 0.2) is 42.5 Å². The lowest BCUT2D eigenvalue weighted by molar-refractivity contribution is -0.136. The molecular formula is C20H18FN3O5S. The number of rotatable bonds is 5. The fraction of sp³-hybridized carbons (Fsp3) is 0.250. The molecule has 2 aliphatic rings. The topological polar surface area (TPSA) is 113 Å². The highest BCUT2D eigenvalue weighted by Crippen LogP contribution is 2.30. The molecule has 2 aliphatic heterocycles. The summed E-state index contributed by atoms with van der Waals surface area (Å²) in [5.41, 5.74) is 1.22. The molecule has 0 aromatic heterocycles. The molecule has 0 radical (unpaired) electrons. The number of anilines is 1. The average molecular weight is 431 g/mol. The maximum Gasteiger partial charge on any atom is 0.255 e. The van der Waals surface area contributed by atoms with Gasteiger partial charge >= 0.3 is 0 Å². The molecule has 3 amide bonds. The van der Waals surface area contributed by atoms with Gasteiger partial charge in [-0.15, -0.1) is 0 Å². The van der Waals surface area contributed by atoms with Gasteiger partial charge in [-0.1, -0.05) is 18.2 Å². The van der Waals surface area contributed by atoms with Gasteiger partial charge in [-0.3, -0.25) is 24.4 Å². The number of halogens is 1. The van der Waals surface area contributed by atoms with Crippen LogP contribution in [0.5, 0.6) is 0 Å². The highest BCUT2D eigenvalue weighted by atomic mass is 32.2. The van der Waals surface area contributed by atoms with Gasteiger partial charge in [0.1, 0.15) is 11.9 Å². The maximum absolute atomic E-state index is 13.8. The van der Waals surface area contributed by atoms with Gasteiger partial charge in [-0.2, -0.15) is 0 Å². The van der Waals surface area contributed by atoms with Crippen molar-refractivity contribution in [2.45, 2.75) is 31.2 Å². The third-order valence-corrected chi connectivity index (χ3v) is 6.34. The Labute approximate surface area is 172 Å². The van der Waals surface area contributed by atoms with E-state index in [-0.39, 0.29) is 42.5 Å². The van der Waals surface area contributed by atoms with E-state index in [1.165, 1.54) is 41.3 Å². The number of sulfonamides is 1. The van der Waals surface area contributed by atoms with Crippen LogP contribution >= 0.6 is 0 Å². The average Bonchev–Trinajstić information content (AvgIpc) is 2.99. The summed E-state index contributed by atoms with van der Waals surface area (Å²) in [6.07, 6.45) is 0.393. The fourth-order valence-corrected chi connectivity index (χ4v) is 4.88. The Morgan fingerprint density at radius 2 is 1.90 bits per heavy atom. The lowest BCUT2D eigenvalue weighted by Gasteiger charge is -2.29. The molecule has 0 spiro atoms. The SMILES string of the molecule is O=C1CCC(N2Cc3cc(NS(=O)(=O)Cc4ccccc4F)ccc3C2=O)C(=O)N1. The molecule has 2 N–H and O–H groups in total. The van der Waals surface area contributed by atoms with E-state index >= 15 is 0 Å². The molecule has 156 valence electrons. The monoisotopic (exact) mass is 431 g/mol. The second kappa shape index (κ2) is 7.52. The van der Waals surface area contributed by atoms with Crippen LogP contribution in [-0.4, -0.2) is 37.1 Å². The Kier molecular flexibility index (Phi) is 5.02. The molecular weight excluding hydrogens is 413 g/mol. The highest BCUT2D eigenvalue weighted by Gasteiger charge is 2.39. The Bertz CT molecular complexity index is 1160. The van der Waals surface area contributed by atoms with Crippen LogP contribution in [0.25, 0.3) is 0 Å². The van der Waals surface area contributed by atoms with Crippen molar-refractivity contribution < 1.29 is 27.2 Å². The molecule has 4 rings (SSSR count). The Balaban J connectivity index is 1.51. The van der Waals surface area contributed by atoms with Crippen LogP contribution in [0.4, 0.5) is 10.1 Å². The summed E-state index contributed by atoms with van der Waals surface area (Å²) < 4.78 is 41.0. The summed E-state index contributed by atoms with van der Waals surface area (Å²) >= 11 is 0. The number of hydrogen-bond donors (Lipinski definition) is 2. The Morgan fingerprint density at radius 3 is 2.63 bits per heavy atom. The van der Waals surface area contributed by atoms with Crippen molar-refractivity contribution in [3.63, 3.8) is 0 Å². The number of carbonyl (C=O) groups excluding carboxylic acids is 3. The van der Waals surface area contributed by atoms with Crippen molar-refractivity contribution in [3.05, 3.63) is 65.0 Å². The lowest BCUT2D eigenvalue weighted by Crippen LogP contribution is -2.52. The second-order valence-corrected chi connectivity index (χ2v) is 8.95. The maximum atomic E-state index is 13.8. The summed E-state index contributed by atoms with van der Waals surface area (Å²) in [5.74, 6) is -2.37. The first-order valence-electron chi connectivity index (χ1n) is 9.25. The van der Waals surface area contributed by atoms with Gasteiger partial charge in [0.25, 0.3) is 5.91 Å². The lowest BCUT2D eigenvalue weighted by atomic mass is 10.0. The minimum absolute atomic E-state index is 0.0466. The fourth-order valence-electron chi connectivity index (χ4n) is 3.67. The van der Waals surface area contributed by atoms with Gasteiger partial charge in [0.2, 0.25) is 21.8 Å². The van der Waals surface area contributed by atoms with Gasteiger partial charge in [0, 0.05) is 29.8 Å². The second-order valence-electron chi connectivity index (χ2n) is 7.22. The number of amides is 3. The van der Waals surface area contributed by atoms with Gasteiger partial charge < -0.3 is 4.90 Å². The molecule has 0 bridgehead atoms. The minimum Gasteiger partial charge on any atom is -0.322 e. The zero-order valence-electron chi connectivity index (χ0n) is 15.7. The van der Waals surface area contributed by atoms with Crippen LogP contribution in [-0.2, 0) is 31.9 Å². The largest absolute Gasteiger partial charge is 0.322 e. The van der Waals surface area contributed by atoms with E-state index in [1.54, 1.807) is 6.07 Å². The first-order chi connectivity index (χ1) is 14.2. The van der Waals surface area contributed by atoms with Crippen LogP contribution in [0.1, 0.15) is 34.3 Å². The number of piperidine rings is 1. The van der Waals surface area contributed by atoms with Crippen molar-refractivity contribution in [1.29, 1.82) is 0 Å². The first kappa shape index (κ1) is 20.0. The van der Waals surface area contributed by atoms with Gasteiger partial charge in [0.15, 0.2) is 0 Å². The predicted molar refractivity (Wildman–Crippen MR) is 105 cm³/mol. The van der Waals surface area contributed by atoms with E-state index in [1.807, 2.05) is 0 Å². The van der Waals surface area contributed by atoms with E-state index in [2.05, 4.69) is 10.0 Å². The number of hydrogen-bond acceptors (Lipinski definition) is 5. The third kappa shape index (κ3) is 3.90. The Morgan fingerprint density at radius 1 is 1.13 bits per heavy atom. The molecule has 10 heteroatoms. The van der Waals surface area contributed by atoms with Crippen molar-refractivity contribution in [2.24, 2.45) is 0 Å². The highest BCUT2D eigenvalue weighted by molar-refractivity contribution is 7.91. The normalized spacial score (nSPS) is 18.9. The van der Waals surface area contributed by atoms with Crippen molar-refractivity contribution in [3.8, 4) is 0 Å². The number of carbonyl (C=O) groups is 3. The summed E-state index contributed by atoms with van der Waals surface area (Å²) in [5, 5.41) is 2.23. The van der Waals surface area contributed by atoms with Crippen LogP contribution in [0, 0.1) is 5.82 Å². The van der Waals surface area contributed by atoms with E-state index < -0.39 is 33.5 Å². The molecule has 30 heavy (non-hydrogen) atoms. The van der Waals surface area contributed by atoms with E-state index in [0.717, 1.165) is 0 Å². The summed E-state index contributed by atoms with van der Waals surface area (Å²) in [7, 11) is -3.88. The zero-order valence-corrected chi connectivity index (χ0v) is 16.5. The van der Waals surface area contributed by atoms with E-state index in [9.17, 15) is 27.2 Å².